The van der Waals surface area contributed by atoms with Gasteiger partial charge in [0.1, 0.15) is 5.75 Å². The van der Waals surface area contributed by atoms with Crippen LogP contribution in [-0.4, -0.2) is 24.3 Å². The lowest BCUT2D eigenvalue weighted by Gasteiger charge is -2.15. The zero-order valence-electron chi connectivity index (χ0n) is 14.4. The zero-order valence-corrected chi connectivity index (χ0v) is 14.4. The average molecular weight is 328 g/mol. The summed E-state index contributed by atoms with van der Waals surface area (Å²) in [6.07, 6.45) is 2.54. The summed E-state index contributed by atoms with van der Waals surface area (Å²) in [4.78, 5) is 4.34. The Morgan fingerprint density at radius 1 is 1.21 bits per heavy atom. The molecule has 1 aromatic heterocycles. The summed E-state index contributed by atoms with van der Waals surface area (Å²) in [5, 5.41) is 13.1. The van der Waals surface area contributed by atoms with Gasteiger partial charge in [-0.1, -0.05) is 12.1 Å². The maximum Gasteiger partial charge on any atom is 0.164 e. The molecule has 0 saturated carbocycles. The topological polar surface area (TPSA) is 63.6 Å². The number of aryl methyl sites for hydroxylation is 1. The second-order valence-electron chi connectivity index (χ2n) is 5.51. The van der Waals surface area contributed by atoms with Gasteiger partial charge in [0.15, 0.2) is 11.5 Å². The highest BCUT2D eigenvalue weighted by Crippen LogP contribution is 2.33. The normalized spacial score (nSPS) is 10.5. The van der Waals surface area contributed by atoms with E-state index in [0.717, 1.165) is 22.6 Å². The molecule has 2 aromatic rings. The molecule has 0 bridgehead atoms. The molecule has 5 heteroatoms. The third kappa shape index (κ3) is 4.26. The van der Waals surface area contributed by atoms with Gasteiger partial charge in [0.05, 0.1) is 19.9 Å². The minimum Gasteiger partial charge on any atom is -0.506 e. The monoisotopic (exact) mass is 328 g/mol. The number of hydrogen-bond donors (Lipinski definition) is 2. The number of methoxy groups -OCH3 is 2. The van der Waals surface area contributed by atoms with E-state index in [9.17, 15) is 5.11 Å². The SMILES string of the molecule is C=CCc1cc(CNCc2nc(C)ccc2O)cc(OC)c1OC. The van der Waals surface area contributed by atoms with Crippen molar-refractivity contribution in [3.8, 4) is 17.2 Å². The van der Waals surface area contributed by atoms with Gasteiger partial charge in [-0.3, -0.25) is 4.98 Å². The Bertz CT molecular complexity index is 714. The standard InChI is InChI=1S/C19H24N2O3/c1-5-6-15-9-14(10-18(23-3)19(15)24-4)11-20-12-16-17(22)8-7-13(2)21-16/h5,7-10,20,22H,1,6,11-12H2,2-4H3. The third-order valence-corrected chi connectivity index (χ3v) is 3.69. The van der Waals surface area contributed by atoms with Crippen molar-refractivity contribution in [2.45, 2.75) is 26.4 Å². The van der Waals surface area contributed by atoms with Crippen LogP contribution in [0, 0.1) is 6.92 Å². The summed E-state index contributed by atoms with van der Waals surface area (Å²) in [5.74, 6) is 1.64. The van der Waals surface area contributed by atoms with Crippen LogP contribution in [0.1, 0.15) is 22.5 Å². The number of benzene rings is 1. The van der Waals surface area contributed by atoms with E-state index in [2.05, 4.69) is 22.9 Å². The number of rotatable bonds is 8. The van der Waals surface area contributed by atoms with Crippen LogP contribution in [0.5, 0.6) is 17.2 Å². The Labute approximate surface area is 143 Å². The number of nitrogens with zero attached hydrogens (tertiary/aromatic N) is 1. The summed E-state index contributed by atoms with van der Waals surface area (Å²) in [7, 11) is 3.26. The summed E-state index contributed by atoms with van der Waals surface area (Å²) in [6.45, 7) is 6.80. The van der Waals surface area contributed by atoms with Crippen molar-refractivity contribution in [3.05, 3.63) is 59.4 Å². The first-order chi connectivity index (χ1) is 11.6. The highest BCUT2D eigenvalue weighted by atomic mass is 16.5. The maximum atomic E-state index is 9.85. The molecule has 0 aliphatic carbocycles. The van der Waals surface area contributed by atoms with E-state index in [1.807, 2.05) is 19.1 Å². The summed E-state index contributed by atoms with van der Waals surface area (Å²) >= 11 is 0. The largest absolute Gasteiger partial charge is 0.506 e. The highest BCUT2D eigenvalue weighted by molar-refractivity contribution is 5.50. The molecule has 0 amide bonds. The Hall–Kier alpha value is -2.53. The summed E-state index contributed by atoms with van der Waals surface area (Å²) in [5.41, 5.74) is 3.61. The Morgan fingerprint density at radius 2 is 2.00 bits per heavy atom. The molecule has 0 atom stereocenters. The van der Waals surface area contributed by atoms with Crippen molar-refractivity contribution in [1.29, 1.82) is 0 Å². The van der Waals surface area contributed by atoms with Gasteiger partial charge in [-0.15, -0.1) is 6.58 Å². The van der Waals surface area contributed by atoms with Gasteiger partial charge < -0.3 is 19.9 Å². The molecular weight excluding hydrogens is 304 g/mol. The predicted molar refractivity (Wildman–Crippen MR) is 94.6 cm³/mol. The Kier molecular flexibility index (Phi) is 6.21. The number of hydrogen-bond acceptors (Lipinski definition) is 5. The van der Waals surface area contributed by atoms with Crippen molar-refractivity contribution in [2.24, 2.45) is 0 Å². The molecule has 0 aliphatic rings. The van der Waals surface area contributed by atoms with Gasteiger partial charge in [0.2, 0.25) is 0 Å². The van der Waals surface area contributed by atoms with Crippen LogP contribution in [-0.2, 0) is 19.5 Å². The first kappa shape index (κ1) is 17.8. The molecule has 0 saturated heterocycles. The third-order valence-electron chi connectivity index (χ3n) is 3.69. The van der Waals surface area contributed by atoms with Gasteiger partial charge in [0, 0.05) is 24.3 Å². The number of ether oxygens (including phenoxy) is 2. The van der Waals surface area contributed by atoms with Crippen LogP contribution in [0.2, 0.25) is 0 Å². The van der Waals surface area contributed by atoms with E-state index >= 15 is 0 Å². The number of aromatic hydroxyl groups is 1. The molecule has 0 spiro atoms. The summed E-state index contributed by atoms with van der Waals surface area (Å²) in [6, 6.07) is 7.47. The molecular formula is C19H24N2O3. The fourth-order valence-electron chi connectivity index (χ4n) is 2.57. The lowest BCUT2D eigenvalue weighted by atomic mass is 10.1. The van der Waals surface area contributed by atoms with Gasteiger partial charge in [-0.05, 0) is 37.1 Å². The van der Waals surface area contributed by atoms with Crippen molar-refractivity contribution >= 4 is 0 Å². The van der Waals surface area contributed by atoms with Crippen molar-refractivity contribution < 1.29 is 14.6 Å². The van der Waals surface area contributed by atoms with Crippen molar-refractivity contribution in [1.82, 2.24) is 10.3 Å². The van der Waals surface area contributed by atoms with Crippen molar-refractivity contribution in [2.75, 3.05) is 14.2 Å². The van der Waals surface area contributed by atoms with Gasteiger partial charge in [0.25, 0.3) is 0 Å². The first-order valence-corrected chi connectivity index (χ1v) is 7.80. The van der Waals surface area contributed by atoms with Gasteiger partial charge in [-0.25, -0.2) is 0 Å². The van der Waals surface area contributed by atoms with Crippen LogP contribution in [0.25, 0.3) is 0 Å². The Morgan fingerprint density at radius 3 is 2.67 bits per heavy atom. The van der Waals surface area contributed by atoms with E-state index in [-0.39, 0.29) is 5.75 Å². The maximum absolute atomic E-state index is 9.85. The Balaban J connectivity index is 2.13. The fourth-order valence-corrected chi connectivity index (χ4v) is 2.57. The second-order valence-corrected chi connectivity index (χ2v) is 5.51. The van der Waals surface area contributed by atoms with Crippen LogP contribution in [0.15, 0.2) is 36.9 Å². The summed E-state index contributed by atoms with van der Waals surface area (Å²) < 4.78 is 10.9. The minimum absolute atomic E-state index is 0.202. The number of pyridine rings is 1. The number of aromatic nitrogens is 1. The second kappa shape index (κ2) is 8.36. The molecule has 128 valence electrons. The first-order valence-electron chi connectivity index (χ1n) is 7.80. The molecule has 2 N–H and O–H groups in total. The quantitative estimate of drug-likeness (QED) is 0.729. The smallest absolute Gasteiger partial charge is 0.164 e. The van der Waals surface area contributed by atoms with E-state index in [1.54, 1.807) is 26.4 Å². The minimum atomic E-state index is 0.202. The predicted octanol–water partition coefficient (Wildman–Crippen LogP) is 3.13. The molecule has 1 aromatic carbocycles. The van der Waals surface area contributed by atoms with Crippen molar-refractivity contribution in [3.63, 3.8) is 0 Å². The molecule has 5 nitrogen and oxygen atoms in total. The van der Waals surface area contributed by atoms with E-state index in [0.29, 0.717) is 31.0 Å². The highest BCUT2D eigenvalue weighted by Gasteiger charge is 2.12. The number of nitrogens with one attached hydrogen (secondary N) is 1. The van der Waals surface area contributed by atoms with Gasteiger partial charge >= 0.3 is 0 Å². The molecule has 0 aliphatic heterocycles. The van der Waals surface area contributed by atoms with E-state index in [4.69, 9.17) is 9.47 Å². The van der Waals surface area contributed by atoms with Crippen LogP contribution in [0.3, 0.4) is 0 Å². The van der Waals surface area contributed by atoms with Gasteiger partial charge in [-0.2, -0.15) is 0 Å². The van der Waals surface area contributed by atoms with Crippen LogP contribution < -0.4 is 14.8 Å². The molecule has 24 heavy (non-hydrogen) atoms. The molecule has 0 fully saturated rings. The lowest BCUT2D eigenvalue weighted by Crippen LogP contribution is -2.14. The molecule has 0 radical (unpaired) electrons. The fraction of sp³-hybridized carbons (Fsp3) is 0.316. The van der Waals surface area contributed by atoms with E-state index < -0.39 is 0 Å². The number of allylic oxidation sites excluding steroid dienone is 1. The molecule has 2 rings (SSSR count). The molecule has 1 heterocycles. The van der Waals surface area contributed by atoms with Crippen LogP contribution in [0.4, 0.5) is 0 Å². The average Bonchev–Trinajstić information content (AvgIpc) is 2.57. The lowest BCUT2D eigenvalue weighted by molar-refractivity contribution is 0.351. The van der Waals surface area contributed by atoms with E-state index in [1.165, 1.54) is 0 Å². The molecule has 0 unspecified atom stereocenters. The van der Waals surface area contributed by atoms with Crippen LogP contribution >= 0.6 is 0 Å². The zero-order chi connectivity index (χ0) is 17.5.